The largest absolute Gasteiger partial charge is 0.365 e. The summed E-state index contributed by atoms with van der Waals surface area (Å²) < 4.78 is 0. The molecule has 0 aromatic carbocycles. The number of nitrogens with one attached hydrogen (secondary N) is 1. The van der Waals surface area contributed by atoms with Crippen molar-refractivity contribution in [2.45, 2.75) is 0 Å². The first-order valence-electron chi connectivity index (χ1n) is 3.61. The summed E-state index contributed by atoms with van der Waals surface area (Å²) >= 11 is 0. The molecule has 3 amide bonds. The number of urea groups is 1. The lowest BCUT2D eigenvalue weighted by atomic mass is 10.3. The molecule has 0 aliphatic carbocycles. The number of nitrogens with zero attached hydrogens (tertiary/aromatic N) is 2. The highest BCUT2D eigenvalue weighted by atomic mass is 16.2. The fourth-order valence-electron chi connectivity index (χ4n) is 0.913. The molecule has 1 aliphatic rings. The van der Waals surface area contributed by atoms with Crippen molar-refractivity contribution in [1.29, 1.82) is 5.26 Å². The molecular weight excluding hydrogens is 172 g/mol. The monoisotopic (exact) mass is 180 g/mol. The number of primary amides is 1. The molecular formula is C7H8N4O2. The molecule has 0 aromatic rings. The van der Waals surface area contributed by atoms with Gasteiger partial charge in [-0.1, -0.05) is 0 Å². The van der Waals surface area contributed by atoms with Gasteiger partial charge in [0.25, 0.3) is 5.91 Å². The fourth-order valence-corrected chi connectivity index (χ4v) is 0.913. The van der Waals surface area contributed by atoms with Gasteiger partial charge in [0.05, 0.1) is 0 Å². The van der Waals surface area contributed by atoms with Gasteiger partial charge in [0.2, 0.25) is 0 Å². The van der Waals surface area contributed by atoms with Crippen molar-refractivity contribution >= 4 is 11.9 Å². The Bertz CT molecular complexity index is 315. The minimum absolute atomic E-state index is 0.225. The Morgan fingerprint density at radius 1 is 1.77 bits per heavy atom. The zero-order chi connectivity index (χ0) is 9.84. The molecule has 1 saturated heterocycles. The number of carbonyl (C=O) groups is 2. The molecule has 0 aromatic heterocycles. The van der Waals surface area contributed by atoms with Crippen LogP contribution in [0.15, 0.2) is 11.8 Å². The molecule has 0 bridgehead atoms. The predicted molar refractivity (Wildman–Crippen MR) is 43.0 cm³/mol. The number of amides is 3. The van der Waals surface area contributed by atoms with E-state index in [0.29, 0.717) is 13.1 Å². The molecule has 3 N–H and O–H groups in total. The van der Waals surface area contributed by atoms with Gasteiger partial charge in [0, 0.05) is 19.3 Å². The van der Waals surface area contributed by atoms with Crippen molar-refractivity contribution < 1.29 is 9.59 Å². The van der Waals surface area contributed by atoms with E-state index in [4.69, 9.17) is 11.0 Å². The average Bonchev–Trinajstić information content (AvgIpc) is 2.46. The molecule has 1 heterocycles. The Morgan fingerprint density at radius 2 is 2.46 bits per heavy atom. The van der Waals surface area contributed by atoms with Gasteiger partial charge in [0.1, 0.15) is 11.6 Å². The molecule has 0 spiro atoms. The van der Waals surface area contributed by atoms with Crippen molar-refractivity contribution in [2.75, 3.05) is 13.1 Å². The van der Waals surface area contributed by atoms with Gasteiger partial charge in [-0.05, 0) is 0 Å². The van der Waals surface area contributed by atoms with E-state index in [-0.39, 0.29) is 11.6 Å². The molecule has 0 saturated carbocycles. The maximum atomic E-state index is 11.0. The molecule has 6 heteroatoms. The zero-order valence-corrected chi connectivity index (χ0v) is 6.78. The van der Waals surface area contributed by atoms with Gasteiger partial charge in [0.15, 0.2) is 0 Å². The number of carbonyl (C=O) groups excluding carboxylic acids is 2. The highest BCUT2D eigenvalue weighted by molar-refractivity contribution is 5.96. The Balaban J connectivity index is 2.79. The molecule has 0 atom stereocenters. The molecule has 13 heavy (non-hydrogen) atoms. The van der Waals surface area contributed by atoms with Gasteiger partial charge in [-0.25, -0.2) is 4.79 Å². The van der Waals surface area contributed by atoms with E-state index in [0.717, 1.165) is 6.20 Å². The highest BCUT2D eigenvalue weighted by Gasteiger charge is 2.18. The molecule has 0 radical (unpaired) electrons. The van der Waals surface area contributed by atoms with Crippen molar-refractivity contribution in [2.24, 2.45) is 5.73 Å². The zero-order valence-electron chi connectivity index (χ0n) is 6.78. The second-order valence-electron chi connectivity index (χ2n) is 2.44. The summed E-state index contributed by atoms with van der Waals surface area (Å²) in [4.78, 5) is 22.8. The van der Waals surface area contributed by atoms with Crippen LogP contribution in [0.5, 0.6) is 0 Å². The molecule has 1 fully saturated rings. The Labute approximate surface area is 74.6 Å². The summed E-state index contributed by atoms with van der Waals surface area (Å²) in [6.45, 7) is 0.949. The molecule has 1 rings (SSSR count). The average molecular weight is 180 g/mol. The minimum Gasteiger partial charge on any atom is -0.365 e. The Hall–Kier alpha value is -2.03. The van der Waals surface area contributed by atoms with Crippen LogP contribution in [0.2, 0.25) is 0 Å². The van der Waals surface area contributed by atoms with Gasteiger partial charge in [-0.3, -0.25) is 9.69 Å². The second kappa shape index (κ2) is 3.58. The van der Waals surface area contributed by atoms with E-state index < -0.39 is 5.91 Å². The Kier molecular flexibility index (Phi) is 2.50. The van der Waals surface area contributed by atoms with Crippen LogP contribution in [0.3, 0.4) is 0 Å². The topological polar surface area (TPSA) is 99.2 Å². The Morgan fingerprint density at radius 3 is 2.85 bits per heavy atom. The van der Waals surface area contributed by atoms with Gasteiger partial charge in [-0.15, -0.1) is 0 Å². The summed E-state index contributed by atoms with van der Waals surface area (Å²) in [5, 5.41) is 11.0. The second-order valence-corrected chi connectivity index (χ2v) is 2.44. The number of hydrogen-bond donors (Lipinski definition) is 2. The quantitative estimate of drug-likeness (QED) is 0.417. The highest BCUT2D eigenvalue weighted by Crippen LogP contribution is 2.01. The fraction of sp³-hybridized carbons (Fsp3) is 0.286. The lowest BCUT2D eigenvalue weighted by Crippen LogP contribution is -2.25. The first-order chi connectivity index (χ1) is 6.15. The normalized spacial score (nSPS) is 16.7. The van der Waals surface area contributed by atoms with E-state index in [1.165, 1.54) is 4.90 Å². The van der Waals surface area contributed by atoms with Crippen LogP contribution in [0.4, 0.5) is 4.79 Å². The standard InChI is InChI=1S/C7H8N4O2/c8-3-5(6(9)12)4-11-2-1-10-7(11)13/h4H,1-2H2,(H2,9,12)(H,10,13)/b5-4+. The van der Waals surface area contributed by atoms with Gasteiger partial charge in [-0.2, -0.15) is 5.26 Å². The SMILES string of the molecule is N#C/C(=C\N1CCNC1=O)C(N)=O. The maximum Gasteiger partial charge on any atom is 0.321 e. The van der Waals surface area contributed by atoms with Gasteiger partial charge < -0.3 is 11.1 Å². The lowest BCUT2D eigenvalue weighted by Gasteiger charge is -2.06. The van der Waals surface area contributed by atoms with E-state index in [9.17, 15) is 9.59 Å². The number of nitrogens with two attached hydrogens (primary N) is 1. The van der Waals surface area contributed by atoms with Crippen LogP contribution in [0, 0.1) is 11.3 Å². The van der Waals surface area contributed by atoms with Crippen LogP contribution in [0.25, 0.3) is 0 Å². The molecule has 68 valence electrons. The number of nitriles is 1. The van der Waals surface area contributed by atoms with Crippen LogP contribution >= 0.6 is 0 Å². The third kappa shape index (κ3) is 1.96. The van der Waals surface area contributed by atoms with Gasteiger partial charge >= 0.3 is 6.03 Å². The maximum absolute atomic E-state index is 11.0. The number of hydrogen-bond acceptors (Lipinski definition) is 3. The lowest BCUT2D eigenvalue weighted by molar-refractivity contribution is -0.114. The summed E-state index contributed by atoms with van der Waals surface area (Å²) in [6, 6.07) is 1.29. The van der Waals surface area contributed by atoms with Crippen LogP contribution in [-0.2, 0) is 4.79 Å². The van der Waals surface area contributed by atoms with E-state index >= 15 is 0 Å². The summed E-state index contributed by atoms with van der Waals surface area (Å²) in [5.41, 5.74) is 4.66. The van der Waals surface area contributed by atoms with Crippen molar-refractivity contribution in [3.63, 3.8) is 0 Å². The van der Waals surface area contributed by atoms with E-state index in [1.807, 2.05) is 0 Å². The minimum atomic E-state index is -0.831. The third-order valence-corrected chi connectivity index (χ3v) is 1.56. The predicted octanol–water partition coefficient (Wildman–Crippen LogP) is -1.10. The van der Waals surface area contributed by atoms with Crippen LogP contribution < -0.4 is 11.1 Å². The summed E-state index contributed by atoms with van der Waals surface area (Å²) in [7, 11) is 0. The number of rotatable bonds is 2. The molecule has 0 unspecified atom stereocenters. The first-order valence-corrected chi connectivity index (χ1v) is 3.61. The third-order valence-electron chi connectivity index (χ3n) is 1.56. The van der Waals surface area contributed by atoms with Crippen LogP contribution in [0.1, 0.15) is 0 Å². The smallest absolute Gasteiger partial charge is 0.321 e. The molecule has 6 nitrogen and oxygen atoms in total. The van der Waals surface area contributed by atoms with E-state index in [2.05, 4.69) is 5.32 Å². The van der Waals surface area contributed by atoms with Crippen LogP contribution in [-0.4, -0.2) is 29.9 Å². The van der Waals surface area contributed by atoms with E-state index in [1.54, 1.807) is 6.07 Å². The first kappa shape index (κ1) is 9.06. The summed E-state index contributed by atoms with van der Waals surface area (Å²) in [5.74, 6) is -0.831. The van der Waals surface area contributed by atoms with Crippen molar-refractivity contribution in [1.82, 2.24) is 10.2 Å². The van der Waals surface area contributed by atoms with Crippen molar-refractivity contribution in [3.8, 4) is 6.07 Å². The molecule has 1 aliphatic heterocycles. The summed E-state index contributed by atoms with van der Waals surface area (Å²) in [6.07, 6.45) is 1.16. The van der Waals surface area contributed by atoms with Crippen molar-refractivity contribution in [3.05, 3.63) is 11.8 Å².